The predicted molar refractivity (Wildman–Crippen MR) is 73.4 cm³/mol. The number of hydrogen-bond acceptors (Lipinski definition) is 3. The standard InChI is InChI=1S/C14H20ClNO2/c1-16(12-5-3-4-6-12)9-10-7-11(15)8-13(18-2)14(10)17/h7-8,12,17H,3-6,9H2,1-2H3. The summed E-state index contributed by atoms with van der Waals surface area (Å²) >= 11 is 6.03. The summed E-state index contributed by atoms with van der Waals surface area (Å²) in [5.74, 6) is 0.643. The number of methoxy groups -OCH3 is 1. The molecule has 3 nitrogen and oxygen atoms in total. The highest BCUT2D eigenvalue weighted by Crippen LogP contribution is 2.35. The Kier molecular flexibility index (Phi) is 4.36. The summed E-state index contributed by atoms with van der Waals surface area (Å²) in [6, 6.07) is 4.07. The number of hydrogen-bond donors (Lipinski definition) is 1. The molecule has 0 aliphatic heterocycles. The molecular formula is C14H20ClNO2. The summed E-state index contributed by atoms with van der Waals surface area (Å²) in [4.78, 5) is 2.29. The van der Waals surface area contributed by atoms with Crippen molar-refractivity contribution in [3.05, 3.63) is 22.7 Å². The molecule has 1 aromatic rings. The maximum Gasteiger partial charge on any atom is 0.162 e. The van der Waals surface area contributed by atoms with Gasteiger partial charge in [0.15, 0.2) is 11.5 Å². The number of rotatable bonds is 4. The van der Waals surface area contributed by atoms with Crippen molar-refractivity contribution in [2.24, 2.45) is 0 Å². The summed E-state index contributed by atoms with van der Waals surface area (Å²) in [5, 5.41) is 10.7. The van der Waals surface area contributed by atoms with Gasteiger partial charge in [0.05, 0.1) is 7.11 Å². The van der Waals surface area contributed by atoms with E-state index in [9.17, 15) is 5.11 Å². The van der Waals surface area contributed by atoms with Gasteiger partial charge >= 0.3 is 0 Å². The summed E-state index contributed by atoms with van der Waals surface area (Å²) in [6.45, 7) is 0.702. The van der Waals surface area contributed by atoms with Crippen LogP contribution in [0, 0.1) is 0 Å². The fourth-order valence-electron chi connectivity index (χ4n) is 2.65. The van der Waals surface area contributed by atoms with Gasteiger partial charge in [-0.2, -0.15) is 0 Å². The molecule has 0 atom stereocenters. The number of benzene rings is 1. The lowest BCUT2D eigenvalue weighted by atomic mass is 10.1. The predicted octanol–water partition coefficient (Wildman–Crippen LogP) is 3.43. The van der Waals surface area contributed by atoms with Crippen molar-refractivity contribution < 1.29 is 9.84 Å². The molecule has 1 aromatic carbocycles. The average Bonchev–Trinajstić information content (AvgIpc) is 2.87. The van der Waals surface area contributed by atoms with Gasteiger partial charge in [0.1, 0.15) is 0 Å². The quantitative estimate of drug-likeness (QED) is 0.909. The van der Waals surface area contributed by atoms with Crippen LogP contribution in [0.5, 0.6) is 11.5 Å². The van der Waals surface area contributed by atoms with Crippen LogP contribution in [0.3, 0.4) is 0 Å². The first-order chi connectivity index (χ1) is 8.61. The van der Waals surface area contributed by atoms with Crippen LogP contribution in [-0.2, 0) is 6.54 Å². The fraction of sp³-hybridized carbons (Fsp3) is 0.571. The number of halogens is 1. The van der Waals surface area contributed by atoms with Crippen LogP contribution in [0.25, 0.3) is 0 Å². The molecule has 0 radical (unpaired) electrons. The van der Waals surface area contributed by atoms with Gasteiger partial charge < -0.3 is 9.84 Å². The van der Waals surface area contributed by atoms with E-state index in [4.69, 9.17) is 16.3 Å². The number of aromatic hydroxyl groups is 1. The molecular weight excluding hydrogens is 250 g/mol. The zero-order chi connectivity index (χ0) is 13.1. The van der Waals surface area contributed by atoms with E-state index in [0.717, 1.165) is 5.56 Å². The highest BCUT2D eigenvalue weighted by atomic mass is 35.5. The smallest absolute Gasteiger partial charge is 0.162 e. The lowest BCUT2D eigenvalue weighted by Crippen LogP contribution is -2.28. The third kappa shape index (κ3) is 2.90. The average molecular weight is 270 g/mol. The van der Waals surface area contributed by atoms with E-state index in [0.29, 0.717) is 23.4 Å². The third-order valence-corrected chi connectivity index (χ3v) is 3.92. The van der Waals surface area contributed by atoms with E-state index in [1.807, 2.05) is 6.07 Å². The molecule has 1 aliphatic rings. The highest BCUT2D eigenvalue weighted by Gasteiger charge is 2.21. The largest absolute Gasteiger partial charge is 0.504 e. The van der Waals surface area contributed by atoms with Crippen molar-refractivity contribution in [3.63, 3.8) is 0 Å². The molecule has 0 saturated heterocycles. The van der Waals surface area contributed by atoms with Gasteiger partial charge in [-0.05, 0) is 26.0 Å². The Labute approximate surface area is 113 Å². The molecule has 18 heavy (non-hydrogen) atoms. The minimum absolute atomic E-state index is 0.201. The molecule has 0 bridgehead atoms. The Morgan fingerprint density at radius 3 is 2.67 bits per heavy atom. The summed E-state index contributed by atoms with van der Waals surface area (Å²) in [6.07, 6.45) is 5.10. The second kappa shape index (κ2) is 5.81. The van der Waals surface area contributed by atoms with E-state index in [-0.39, 0.29) is 5.75 Å². The van der Waals surface area contributed by atoms with E-state index in [1.165, 1.54) is 32.8 Å². The summed E-state index contributed by atoms with van der Waals surface area (Å²) in [5.41, 5.74) is 0.828. The summed E-state index contributed by atoms with van der Waals surface area (Å²) < 4.78 is 5.12. The molecule has 0 spiro atoms. The van der Waals surface area contributed by atoms with Crippen molar-refractivity contribution in [1.29, 1.82) is 0 Å². The molecule has 0 unspecified atom stereocenters. The van der Waals surface area contributed by atoms with Gasteiger partial charge in [-0.15, -0.1) is 0 Å². The van der Waals surface area contributed by atoms with Gasteiger partial charge in [-0.1, -0.05) is 24.4 Å². The molecule has 0 heterocycles. The van der Waals surface area contributed by atoms with Crippen LogP contribution in [0.15, 0.2) is 12.1 Å². The first kappa shape index (κ1) is 13.5. The van der Waals surface area contributed by atoms with Gasteiger partial charge in [0.25, 0.3) is 0 Å². The maximum atomic E-state index is 10.1. The molecule has 4 heteroatoms. The third-order valence-electron chi connectivity index (χ3n) is 3.71. The van der Waals surface area contributed by atoms with Crippen LogP contribution in [0.4, 0.5) is 0 Å². The Morgan fingerprint density at radius 1 is 1.39 bits per heavy atom. The fourth-order valence-corrected chi connectivity index (χ4v) is 2.88. The number of phenols is 1. The monoisotopic (exact) mass is 269 g/mol. The summed E-state index contributed by atoms with van der Waals surface area (Å²) in [7, 11) is 3.64. The minimum Gasteiger partial charge on any atom is -0.504 e. The Hall–Kier alpha value is -0.930. The zero-order valence-corrected chi connectivity index (χ0v) is 11.7. The Bertz CT molecular complexity index is 417. The topological polar surface area (TPSA) is 32.7 Å². The van der Waals surface area contributed by atoms with Gasteiger partial charge in [0.2, 0.25) is 0 Å². The van der Waals surface area contributed by atoms with Gasteiger partial charge in [0, 0.05) is 29.2 Å². The number of phenolic OH excluding ortho intramolecular Hbond substituents is 1. The highest BCUT2D eigenvalue weighted by molar-refractivity contribution is 6.30. The molecule has 1 saturated carbocycles. The SMILES string of the molecule is COc1cc(Cl)cc(CN(C)C2CCCC2)c1O. The van der Waals surface area contributed by atoms with Gasteiger partial charge in [-0.3, -0.25) is 4.90 Å². The Morgan fingerprint density at radius 2 is 2.06 bits per heavy atom. The molecule has 1 aliphatic carbocycles. The molecule has 2 rings (SSSR count). The van der Waals surface area contributed by atoms with Crippen LogP contribution in [-0.4, -0.2) is 30.2 Å². The zero-order valence-electron chi connectivity index (χ0n) is 10.9. The molecule has 1 fully saturated rings. The van der Waals surface area contributed by atoms with E-state index >= 15 is 0 Å². The first-order valence-electron chi connectivity index (χ1n) is 6.37. The van der Waals surface area contributed by atoms with Crippen molar-refractivity contribution >= 4 is 11.6 Å². The van der Waals surface area contributed by atoms with Crippen molar-refractivity contribution in [3.8, 4) is 11.5 Å². The number of ether oxygens (including phenoxy) is 1. The minimum atomic E-state index is 0.201. The molecule has 0 amide bonds. The van der Waals surface area contributed by atoms with E-state index in [1.54, 1.807) is 6.07 Å². The Balaban J connectivity index is 2.14. The maximum absolute atomic E-state index is 10.1. The molecule has 100 valence electrons. The van der Waals surface area contributed by atoms with Crippen LogP contribution in [0.1, 0.15) is 31.2 Å². The second-order valence-electron chi connectivity index (χ2n) is 4.97. The van der Waals surface area contributed by atoms with Crippen molar-refractivity contribution in [2.75, 3.05) is 14.2 Å². The number of nitrogens with zero attached hydrogens (tertiary/aromatic N) is 1. The van der Waals surface area contributed by atoms with Crippen LogP contribution in [0.2, 0.25) is 5.02 Å². The molecule has 1 N–H and O–H groups in total. The van der Waals surface area contributed by atoms with Crippen molar-refractivity contribution in [2.45, 2.75) is 38.3 Å². The van der Waals surface area contributed by atoms with Crippen LogP contribution < -0.4 is 4.74 Å². The van der Waals surface area contributed by atoms with Crippen molar-refractivity contribution in [1.82, 2.24) is 4.90 Å². The normalized spacial score (nSPS) is 16.4. The lowest BCUT2D eigenvalue weighted by Gasteiger charge is -2.24. The first-order valence-corrected chi connectivity index (χ1v) is 6.75. The van der Waals surface area contributed by atoms with Gasteiger partial charge in [-0.25, -0.2) is 0 Å². The van der Waals surface area contributed by atoms with Crippen LogP contribution >= 0.6 is 11.6 Å². The van der Waals surface area contributed by atoms with E-state index in [2.05, 4.69) is 11.9 Å². The second-order valence-corrected chi connectivity index (χ2v) is 5.41. The molecule has 0 aromatic heterocycles. The van der Waals surface area contributed by atoms with E-state index < -0.39 is 0 Å². The lowest BCUT2D eigenvalue weighted by molar-refractivity contribution is 0.233.